The number of ether oxygens (including phenoxy) is 2. The molecule has 6 nitrogen and oxygen atoms in total. The second-order valence-corrected chi connectivity index (χ2v) is 6.89. The molecule has 24 heavy (non-hydrogen) atoms. The van der Waals surface area contributed by atoms with E-state index in [0.717, 1.165) is 12.0 Å². The molecule has 138 valence electrons. The summed E-state index contributed by atoms with van der Waals surface area (Å²) in [7, 11) is 4.15. The summed E-state index contributed by atoms with van der Waals surface area (Å²) in [6.45, 7) is 3.01. The average molecular weight is 352 g/mol. The van der Waals surface area contributed by atoms with Crippen LogP contribution in [0.1, 0.15) is 20.8 Å². The summed E-state index contributed by atoms with van der Waals surface area (Å²) < 4.78 is 50.6. The molecule has 0 spiro atoms. The first kappa shape index (κ1) is 20.3. The molecule has 1 aliphatic heterocycles. The highest BCUT2D eigenvalue weighted by Gasteiger charge is 2.67. The third kappa shape index (κ3) is 4.00. The van der Waals surface area contributed by atoms with Crippen LogP contribution in [0.4, 0.5) is 18.0 Å². The normalized spacial score (nSPS) is 23.8. The molecular formula is C15H23F3N2O4. The monoisotopic (exact) mass is 352 g/mol. The fourth-order valence-electron chi connectivity index (χ4n) is 2.31. The number of halogens is 3. The Bertz CT molecular complexity index is 538. The number of Topliss-reactive ketones (excluding diaryl/α,β-unsaturated/α-hetero) is 1. The van der Waals surface area contributed by atoms with Crippen molar-refractivity contribution in [3.05, 3.63) is 11.9 Å². The standard InChI is InChI=1S/C15H23F3N2O4/c1-13(2,3)24-12(22)20-8-14(9-23-6,15(16,17)18)11(21)10(20)7-19(4)5/h7H,8-9H2,1-6H3/b10-7+. The van der Waals surface area contributed by atoms with Crippen molar-refractivity contribution < 1.29 is 32.2 Å². The fraction of sp³-hybridized carbons (Fsp3) is 0.733. The molecule has 1 unspecified atom stereocenters. The molecule has 9 heteroatoms. The third-order valence-corrected chi connectivity index (χ3v) is 3.31. The van der Waals surface area contributed by atoms with E-state index in [-0.39, 0.29) is 5.70 Å². The van der Waals surface area contributed by atoms with Gasteiger partial charge in [-0.1, -0.05) is 0 Å². The molecule has 0 saturated carbocycles. The molecule has 1 amide bonds. The number of amides is 1. The SMILES string of the molecule is COCC1(C(F)(F)F)CN(C(=O)OC(C)(C)C)/C(=C/N(C)C)C1=O. The number of carbonyl (C=O) groups is 2. The molecule has 0 N–H and O–H groups in total. The lowest BCUT2D eigenvalue weighted by molar-refractivity contribution is -0.226. The van der Waals surface area contributed by atoms with Crippen molar-refractivity contribution in [3.63, 3.8) is 0 Å². The van der Waals surface area contributed by atoms with Gasteiger partial charge in [-0.3, -0.25) is 9.69 Å². The van der Waals surface area contributed by atoms with E-state index in [1.165, 1.54) is 25.2 Å². The highest BCUT2D eigenvalue weighted by molar-refractivity contribution is 6.05. The Morgan fingerprint density at radius 3 is 2.25 bits per heavy atom. The summed E-state index contributed by atoms with van der Waals surface area (Å²) >= 11 is 0. The molecule has 0 radical (unpaired) electrons. The Morgan fingerprint density at radius 2 is 1.88 bits per heavy atom. The van der Waals surface area contributed by atoms with E-state index in [1.54, 1.807) is 20.8 Å². The Labute approximate surface area is 139 Å². The Hall–Kier alpha value is -1.77. The number of nitrogens with zero attached hydrogens (tertiary/aromatic N) is 2. The van der Waals surface area contributed by atoms with Crippen molar-refractivity contribution in [2.45, 2.75) is 32.5 Å². The first-order chi connectivity index (χ1) is 10.7. The van der Waals surface area contributed by atoms with E-state index in [9.17, 15) is 22.8 Å². The van der Waals surface area contributed by atoms with Crippen LogP contribution in [0.25, 0.3) is 0 Å². The van der Waals surface area contributed by atoms with E-state index in [0.29, 0.717) is 0 Å². The van der Waals surface area contributed by atoms with Crippen LogP contribution in [-0.4, -0.2) is 67.8 Å². The van der Waals surface area contributed by atoms with Gasteiger partial charge in [0.1, 0.15) is 11.3 Å². The maximum absolute atomic E-state index is 13.6. The zero-order chi connectivity index (χ0) is 18.9. The minimum atomic E-state index is -4.87. The van der Waals surface area contributed by atoms with Crippen molar-refractivity contribution in [1.82, 2.24) is 9.80 Å². The Morgan fingerprint density at radius 1 is 1.33 bits per heavy atom. The predicted octanol–water partition coefficient (Wildman–Crippen LogP) is 2.40. The summed E-state index contributed by atoms with van der Waals surface area (Å²) in [4.78, 5) is 27.0. The van der Waals surface area contributed by atoms with Crippen molar-refractivity contribution in [1.29, 1.82) is 0 Å². The molecule has 1 fully saturated rings. The van der Waals surface area contributed by atoms with Gasteiger partial charge in [0.15, 0.2) is 11.2 Å². The van der Waals surface area contributed by atoms with Gasteiger partial charge in [-0.2, -0.15) is 13.2 Å². The van der Waals surface area contributed by atoms with Crippen LogP contribution in [0.5, 0.6) is 0 Å². The number of ketones is 1. The quantitative estimate of drug-likeness (QED) is 0.730. The molecule has 0 aromatic rings. The van der Waals surface area contributed by atoms with Gasteiger partial charge in [0.05, 0.1) is 13.2 Å². The number of rotatable bonds is 3. The Balaban J connectivity index is 3.38. The van der Waals surface area contributed by atoms with E-state index < -0.39 is 42.2 Å². The molecule has 0 aromatic carbocycles. The smallest absolute Gasteiger partial charge is 0.415 e. The van der Waals surface area contributed by atoms with Crippen LogP contribution in [-0.2, 0) is 14.3 Å². The van der Waals surface area contributed by atoms with Gasteiger partial charge in [-0.25, -0.2) is 4.79 Å². The Kier molecular flexibility index (Phi) is 5.59. The van der Waals surface area contributed by atoms with Crippen molar-refractivity contribution in [3.8, 4) is 0 Å². The van der Waals surface area contributed by atoms with Crippen LogP contribution < -0.4 is 0 Å². The third-order valence-electron chi connectivity index (χ3n) is 3.31. The lowest BCUT2D eigenvalue weighted by atomic mass is 9.85. The average Bonchev–Trinajstić information content (AvgIpc) is 2.62. The van der Waals surface area contributed by atoms with Gasteiger partial charge in [0, 0.05) is 27.4 Å². The summed E-state index contributed by atoms with van der Waals surface area (Å²) in [5, 5.41) is 0. The molecule has 1 saturated heterocycles. The van der Waals surface area contributed by atoms with Gasteiger partial charge in [-0.15, -0.1) is 0 Å². The lowest BCUT2D eigenvalue weighted by Crippen LogP contribution is -2.49. The van der Waals surface area contributed by atoms with Crippen molar-refractivity contribution >= 4 is 11.9 Å². The van der Waals surface area contributed by atoms with E-state index >= 15 is 0 Å². The van der Waals surface area contributed by atoms with E-state index in [1.807, 2.05) is 0 Å². The first-order valence-corrected chi connectivity index (χ1v) is 7.24. The maximum Gasteiger partial charge on any atom is 0.415 e. The molecule has 0 aromatic heterocycles. The molecular weight excluding hydrogens is 329 g/mol. The number of alkyl halides is 3. The minimum Gasteiger partial charge on any atom is -0.443 e. The molecule has 1 aliphatic rings. The largest absolute Gasteiger partial charge is 0.443 e. The first-order valence-electron chi connectivity index (χ1n) is 7.24. The van der Waals surface area contributed by atoms with Gasteiger partial charge >= 0.3 is 12.3 Å². The zero-order valence-corrected chi connectivity index (χ0v) is 14.7. The minimum absolute atomic E-state index is 0.372. The van der Waals surface area contributed by atoms with Crippen LogP contribution in [0.15, 0.2) is 11.9 Å². The lowest BCUT2D eigenvalue weighted by Gasteiger charge is -2.29. The second kappa shape index (κ2) is 6.62. The van der Waals surface area contributed by atoms with Gasteiger partial charge < -0.3 is 14.4 Å². The van der Waals surface area contributed by atoms with Crippen molar-refractivity contribution in [2.75, 3.05) is 34.4 Å². The number of allylic oxidation sites excluding steroid dienone is 1. The van der Waals surface area contributed by atoms with E-state index in [2.05, 4.69) is 4.74 Å². The number of hydrogen-bond acceptors (Lipinski definition) is 5. The van der Waals surface area contributed by atoms with Gasteiger partial charge in [-0.05, 0) is 20.8 Å². The van der Waals surface area contributed by atoms with Crippen LogP contribution >= 0.6 is 0 Å². The molecule has 1 rings (SSSR count). The van der Waals surface area contributed by atoms with Crippen molar-refractivity contribution in [2.24, 2.45) is 5.41 Å². The molecule has 1 atom stereocenters. The predicted molar refractivity (Wildman–Crippen MR) is 80.1 cm³/mol. The van der Waals surface area contributed by atoms with Crippen LogP contribution in [0.2, 0.25) is 0 Å². The molecule has 0 aliphatic carbocycles. The molecule has 0 bridgehead atoms. The topological polar surface area (TPSA) is 59.1 Å². The van der Waals surface area contributed by atoms with E-state index in [4.69, 9.17) is 4.74 Å². The molecule has 1 heterocycles. The number of hydrogen-bond donors (Lipinski definition) is 0. The second-order valence-electron chi connectivity index (χ2n) is 6.89. The highest BCUT2D eigenvalue weighted by Crippen LogP contribution is 2.47. The highest BCUT2D eigenvalue weighted by atomic mass is 19.4. The summed E-state index contributed by atoms with van der Waals surface area (Å²) in [5.74, 6) is -1.21. The van der Waals surface area contributed by atoms with Crippen LogP contribution in [0.3, 0.4) is 0 Å². The number of carbonyl (C=O) groups excluding carboxylic acids is 2. The number of methoxy groups -OCH3 is 1. The fourth-order valence-corrected chi connectivity index (χ4v) is 2.31. The van der Waals surface area contributed by atoms with Crippen LogP contribution in [0, 0.1) is 5.41 Å². The number of likely N-dealkylation sites (tertiary alicyclic amines) is 1. The van der Waals surface area contributed by atoms with Gasteiger partial charge in [0.25, 0.3) is 0 Å². The van der Waals surface area contributed by atoms with Gasteiger partial charge in [0.2, 0.25) is 0 Å². The summed E-state index contributed by atoms with van der Waals surface area (Å²) in [6.07, 6.45) is -4.70. The summed E-state index contributed by atoms with van der Waals surface area (Å²) in [6, 6.07) is 0. The summed E-state index contributed by atoms with van der Waals surface area (Å²) in [5.41, 5.74) is -4.09. The maximum atomic E-state index is 13.6. The zero-order valence-electron chi connectivity index (χ0n) is 14.7.